The summed E-state index contributed by atoms with van der Waals surface area (Å²) in [4.78, 5) is 0. The molecule has 0 spiro atoms. The molecule has 0 radical (unpaired) electrons. The molecule has 94 valence electrons. The predicted molar refractivity (Wildman–Crippen MR) is 74.9 cm³/mol. The van der Waals surface area contributed by atoms with Crippen molar-refractivity contribution in [2.45, 2.75) is 31.8 Å². The van der Waals surface area contributed by atoms with Crippen molar-refractivity contribution in [2.75, 3.05) is 18.6 Å². The fourth-order valence-electron chi connectivity index (χ4n) is 2.22. The second-order valence-electron chi connectivity index (χ2n) is 4.55. The van der Waals surface area contributed by atoms with Crippen LogP contribution < -0.4 is 10.1 Å². The van der Waals surface area contributed by atoms with Crippen LogP contribution in [0.4, 0.5) is 0 Å². The Bertz CT molecular complexity index is 350. The summed E-state index contributed by atoms with van der Waals surface area (Å²) in [6.07, 6.45) is 2.58. The molecule has 0 aromatic heterocycles. The van der Waals surface area contributed by atoms with Crippen LogP contribution in [0.2, 0.25) is 0 Å². The van der Waals surface area contributed by atoms with E-state index in [1.54, 1.807) is 7.11 Å². The van der Waals surface area contributed by atoms with Crippen LogP contribution in [0.3, 0.4) is 0 Å². The number of rotatable bonds is 4. The van der Waals surface area contributed by atoms with E-state index in [1.165, 1.54) is 29.9 Å². The minimum absolute atomic E-state index is 0.401. The summed E-state index contributed by atoms with van der Waals surface area (Å²) in [7, 11) is 1.72. The molecule has 1 saturated heterocycles. The number of hydrogen-bond donors (Lipinski definition) is 1. The monoisotopic (exact) mass is 251 g/mol. The summed E-state index contributed by atoms with van der Waals surface area (Å²) in [5.41, 5.74) is 1.31. The van der Waals surface area contributed by atoms with Crippen LogP contribution in [0.25, 0.3) is 0 Å². The first-order valence-corrected chi connectivity index (χ1v) is 7.43. The van der Waals surface area contributed by atoms with E-state index in [2.05, 4.69) is 42.2 Å². The molecule has 1 N–H and O–H groups in total. The van der Waals surface area contributed by atoms with Gasteiger partial charge in [-0.25, -0.2) is 0 Å². The fraction of sp³-hybridized carbons (Fsp3) is 0.571. The van der Waals surface area contributed by atoms with Crippen LogP contribution in [0.5, 0.6) is 5.75 Å². The minimum Gasteiger partial charge on any atom is -0.497 e. The van der Waals surface area contributed by atoms with E-state index in [4.69, 9.17) is 4.74 Å². The smallest absolute Gasteiger partial charge is 0.119 e. The first-order chi connectivity index (χ1) is 8.29. The lowest BCUT2D eigenvalue weighted by molar-refractivity contribution is 0.409. The Kier molecular flexibility index (Phi) is 4.75. The van der Waals surface area contributed by atoms with E-state index in [0.717, 1.165) is 5.75 Å². The Balaban J connectivity index is 1.95. The first kappa shape index (κ1) is 12.8. The van der Waals surface area contributed by atoms with Gasteiger partial charge in [-0.2, -0.15) is 11.8 Å². The van der Waals surface area contributed by atoms with Gasteiger partial charge in [0.25, 0.3) is 0 Å². The maximum Gasteiger partial charge on any atom is 0.119 e. The molecule has 1 aromatic carbocycles. The quantitative estimate of drug-likeness (QED) is 0.887. The highest BCUT2D eigenvalue weighted by atomic mass is 32.2. The average molecular weight is 251 g/mol. The molecule has 1 atom stereocenters. The zero-order valence-corrected chi connectivity index (χ0v) is 11.4. The van der Waals surface area contributed by atoms with Gasteiger partial charge in [-0.1, -0.05) is 12.1 Å². The topological polar surface area (TPSA) is 21.3 Å². The summed E-state index contributed by atoms with van der Waals surface area (Å²) >= 11 is 2.07. The molecule has 2 nitrogen and oxygen atoms in total. The molecule has 17 heavy (non-hydrogen) atoms. The van der Waals surface area contributed by atoms with E-state index in [-0.39, 0.29) is 0 Å². The van der Waals surface area contributed by atoms with Crippen molar-refractivity contribution in [3.63, 3.8) is 0 Å². The third-order valence-corrected chi connectivity index (χ3v) is 4.35. The molecule has 0 unspecified atom stereocenters. The van der Waals surface area contributed by atoms with Gasteiger partial charge in [0.2, 0.25) is 0 Å². The Morgan fingerprint density at radius 1 is 1.35 bits per heavy atom. The van der Waals surface area contributed by atoms with Crippen LogP contribution in [0.1, 0.15) is 31.4 Å². The Hall–Kier alpha value is -0.670. The van der Waals surface area contributed by atoms with Gasteiger partial charge < -0.3 is 10.1 Å². The van der Waals surface area contributed by atoms with Crippen molar-refractivity contribution in [2.24, 2.45) is 0 Å². The van der Waals surface area contributed by atoms with Gasteiger partial charge in [-0.3, -0.25) is 0 Å². The van der Waals surface area contributed by atoms with Crippen LogP contribution in [0, 0.1) is 0 Å². The predicted octanol–water partition coefficient (Wildman–Crippen LogP) is 3.24. The third kappa shape index (κ3) is 3.65. The average Bonchev–Trinajstić information content (AvgIpc) is 2.40. The van der Waals surface area contributed by atoms with Crippen molar-refractivity contribution in [1.82, 2.24) is 5.32 Å². The zero-order chi connectivity index (χ0) is 12.1. The zero-order valence-electron chi connectivity index (χ0n) is 10.6. The Labute approximate surface area is 108 Å². The van der Waals surface area contributed by atoms with Gasteiger partial charge in [0, 0.05) is 12.1 Å². The molecule has 3 heteroatoms. The number of methoxy groups -OCH3 is 1. The van der Waals surface area contributed by atoms with E-state index in [9.17, 15) is 0 Å². The molecule has 0 bridgehead atoms. The number of ether oxygens (including phenoxy) is 1. The molecule has 1 aliphatic rings. The first-order valence-electron chi connectivity index (χ1n) is 6.27. The molecule has 2 rings (SSSR count). The maximum atomic E-state index is 5.26. The lowest BCUT2D eigenvalue weighted by atomic mass is 10.1. The number of thioether (sulfide) groups is 1. The van der Waals surface area contributed by atoms with Crippen molar-refractivity contribution >= 4 is 11.8 Å². The largest absolute Gasteiger partial charge is 0.497 e. The number of benzene rings is 1. The van der Waals surface area contributed by atoms with Crippen molar-refractivity contribution in [1.29, 1.82) is 0 Å². The highest BCUT2D eigenvalue weighted by Gasteiger charge is 2.16. The second kappa shape index (κ2) is 6.31. The number of hydrogen-bond acceptors (Lipinski definition) is 3. The number of nitrogens with one attached hydrogen (secondary N) is 1. The standard InChI is InChI=1S/C14H21NOS/c1-11(15-13-6-8-17-9-7-13)12-4-3-5-14(10-12)16-2/h3-5,10-11,13,15H,6-9H2,1-2H3/t11-/m1/s1. The van der Waals surface area contributed by atoms with Gasteiger partial charge in [0.1, 0.15) is 5.75 Å². The van der Waals surface area contributed by atoms with Crippen LogP contribution in [-0.2, 0) is 0 Å². The van der Waals surface area contributed by atoms with E-state index in [1.807, 2.05) is 6.07 Å². The highest BCUT2D eigenvalue weighted by Crippen LogP contribution is 2.22. The van der Waals surface area contributed by atoms with Crippen molar-refractivity contribution in [3.05, 3.63) is 29.8 Å². The molecule has 1 aliphatic heterocycles. The molecule has 0 amide bonds. The molecular formula is C14H21NOS. The van der Waals surface area contributed by atoms with Gasteiger partial charge in [-0.05, 0) is 49.0 Å². The fourth-order valence-corrected chi connectivity index (χ4v) is 3.33. The lowest BCUT2D eigenvalue weighted by Crippen LogP contribution is -2.34. The summed E-state index contributed by atoms with van der Waals surface area (Å²) in [6.45, 7) is 2.23. The van der Waals surface area contributed by atoms with Gasteiger partial charge in [0.05, 0.1) is 7.11 Å². The molecule has 0 aliphatic carbocycles. The third-order valence-electron chi connectivity index (χ3n) is 3.30. The SMILES string of the molecule is COc1cccc([C@@H](C)NC2CCSCC2)c1. The summed E-state index contributed by atoms with van der Waals surface area (Å²) in [5.74, 6) is 3.53. The molecule has 0 saturated carbocycles. The van der Waals surface area contributed by atoms with Crippen LogP contribution in [0.15, 0.2) is 24.3 Å². The van der Waals surface area contributed by atoms with Crippen LogP contribution in [-0.4, -0.2) is 24.7 Å². The molecule has 1 fully saturated rings. The Morgan fingerprint density at radius 2 is 2.12 bits per heavy atom. The summed E-state index contributed by atoms with van der Waals surface area (Å²) in [6, 6.07) is 9.42. The van der Waals surface area contributed by atoms with E-state index < -0.39 is 0 Å². The molecule has 1 heterocycles. The van der Waals surface area contributed by atoms with Crippen molar-refractivity contribution in [3.8, 4) is 5.75 Å². The molecule has 1 aromatic rings. The van der Waals surface area contributed by atoms with Gasteiger partial charge >= 0.3 is 0 Å². The van der Waals surface area contributed by atoms with Crippen molar-refractivity contribution < 1.29 is 4.74 Å². The Morgan fingerprint density at radius 3 is 2.82 bits per heavy atom. The summed E-state index contributed by atoms with van der Waals surface area (Å²) < 4.78 is 5.26. The van der Waals surface area contributed by atoms with E-state index in [0.29, 0.717) is 12.1 Å². The summed E-state index contributed by atoms with van der Waals surface area (Å²) in [5, 5.41) is 3.72. The highest BCUT2D eigenvalue weighted by molar-refractivity contribution is 7.99. The minimum atomic E-state index is 0.401. The van der Waals surface area contributed by atoms with Gasteiger partial charge in [0.15, 0.2) is 0 Å². The van der Waals surface area contributed by atoms with Crippen LogP contribution >= 0.6 is 11.8 Å². The second-order valence-corrected chi connectivity index (χ2v) is 5.78. The maximum absolute atomic E-state index is 5.26. The molecular weight excluding hydrogens is 230 g/mol. The van der Waals surface area contributed by atoms with Gasteiger partial charge in [-0.15, -0.1) is 0 Å². The van der Waals surface area contributed by atoms with E-state index >= 15 is 0 Å². The lowest BCUT2D eigenvalue weighted by Gasteiger charge is -2.26. The normalized spacial score (nSPS) is 18.9.